The van der Waals surface area contributed by atoms with E-state index in [0.29, 0.717) is 23.2 Å². The number of benzene rings is 2. The highest BCUT2D eigenvalue weighted by Gasteiger charge is 2.65. The van der Waals surface area contributed by atoms with Crippen molar-refractivity contribution in [1.29, 1.82) is 10.5 Å². The van der Waals surface area contributed by atoms with E-state index in [1.165, 1.54) is 95.5 Å². The van der Waals surface area contributed by atoms with Crippen molar-refractivity contribution in [2.45, 2.75) is 172 Å². The van der Waals surface area contributed by atoms with Gasteiger partial charge < -0.3 is 29.2 Å². The number of unbranched alkanes of at least 4 members (excludes halogenated alkanes) is 15. The van der Waals surface area contributed by atoms with Crippen molar-refractivity contribution in [2.24, 2.45) is 0 Å². The van der Waals surface area contributed by atoms with Gasteiger partial charge >= 0.3 is 7.82 Å². The van der Waals surface area contributed by atoms with E-state index in [4.69, 9.17) is 49.9 Å². The molecule has 0 aliphatic carbocycles. The number of phosphoric ester groups is 1. The number of phosphoric acid groups is 1. The molecule has 6 atom stereocenters. The summed E-state index contributed by atoms with van der Waals surface area (Å²) in [6, 6.07) is 18.1. The SMILES string of the molecule is CCCCCCCCCCCCCCCCCC[C@@H](COP(=O)(OC[C@@]1(C#N)OC(c2ccc3c(N)ncnn23)[C@@H]2OC(C)(C)O[C@@H]21)Oc1ccccc1Cl)OCc1cc(F)cc(C#N)c1. The Morgan fingerprint density at radius 1 is 0.894 bits per heavy atom. The second-order valence-corrected chi connectivity index (χ2v) is 19.8. The molecule has 2 aliphatic heterocycles. The number of aromatic nitrogens is 3. The van der Waals surface area contributed by atoms with Crippen molar-refractivity contribution in [1.82, 2.24) is 14.6 Å². The molecule has 0 bridgehead atoms. The highest BCUT2D eigenvalue weighted by atomic mass is 35.5. The third kappa shape index (κ3) is 14.2. The van der Waals surface area contributed by atoms with Crippen LogP contribution in [0.4, 0.5) is 10.2 Å². The molecule has 2 unspecified atom stereocenters. The Labute approximate surface area is 393 Å². The Bertz CT molecular complexity index is 2310. The summed E-state index contributed by atoms with van der Waals surface area (Å²) in [5.41, 5.74) is 5.92. The number of nitrogen functional groups attached to an aromatic ring is 1. The van der Waals surface area contributed by atoms with Crippen molar-refractivity contribution in [2.75, 3.05) is 18.9 Å². The van der Waals surface area contributed by atoms with E-state index in [1.54, 1.807) is 54.8 Å². The lowest BCUT2D eigenvalue weighted by molar-refractivity contribution is -0.204. The molecule has 2 N–H and O–H groups in total. The van der Waals surface area contributed by atoms with Crippen LogP contribution < -0.4 is 10.3 Å². The van der Waals surface area contributed by atoms with E-state index in [2.05, 4.69) is 23.1 Å². The molecule has 2 aromatic carbocycles. The molecule has 2 aliphatic rings. The summed E-state index contributed by atoms with van der Waals surface area (Å²) in [4.78, 5) is 4.07. The molecule has 4 aromatic rings. The highest BCUT2D eigenvalue weighted by molar-refractivity contribution is 7.49. The summed E-state index contributed by atoms with van der Waals surface area (Å²) in [7, 11) is -4.65. The number of ether oxygens (including phenoxy) is 4. The Balaban J connectivity index is 1.11. The maximum atomic E-state index is 14.9. The van der Waals surface area contributed by atoms with E-state index >= 15 is 0 Å². The second kappa shape index (κ2) is 24.7. The summed E-state index contributed by atoms with van der Waals surface area (Å²) in [6.07, 6.45) is 18.1. The molecule has 2 fully saturated rings. The lowest BCUT2D eigenvalue weighted by Gasteiger charge is -2.30. The Morgan fingerprint density at radius 3 is 2.21 bits per heavy atom. The average molecular weight is 952 g/mol. The van der Waals surface area contributed by atoms with Gasteiger partial charge in [0, 0.05) is 0 Å². The van der Waals surface area contributed by atoms with Gasteiger partial charge in [0.15, 0.2) is 11.6 Å². The second-order valence-electron chi connectivity index (χ2n) is 17.8. The standard InChI is InChI=1S/C49H65ClFN6O8P/c1-4-5-6-7-8-9-10-11-12-13-14-15-16-17-18-19-22-39(59-31-37-27-36(30-52)28-38(51)29-37)32-60-66(58,65-43-24-21-20-23-40(43)50)61-34-49(33-53)46-45(62-48(2,3)64-46)44(63-49)41-25-26-42-47(54)55-35-56-57(41)42/h20-21,23-29,35,39,44-46H,4-19,22,31-32,34H2,1-3H3,(H2,54,55,56)/t39-,44?,45-,46-,49+,66?/m0/s1. The van der Waals surface area contributed by atoms with Crippen LogP contribution in [0, 0.1) is 28.5 Å². The van der Waals surface area contributed by atoms with Crippen LogP contribution in [-0.2, 0) is 39.2 Å². The molecule has 66 heavy (non-hydrogen) atoms. The summed E-state index contributed by atoms with van der Waals surface area (Å²) in [5.74, 6) is -1.41. The van der Waals surface area contributed by atoms with E-state index in [1.807, 2.05) is 6.07 Å². The quantitative estimate of drug-likeness (QED) is 0.0401. The fraction of sp³-hybridized carbons (Fsp3) is 0.592. The van der Waals surface area contributed by atoms with Crippen LogP contribution in [0.25, 0.3) is 5.52 Å². The zero-order valence-electron chi connectivity index (χ0n) is 38.5. The molecule has 17 heteroatoms. The number of halogens is 2. The minimum Gasteiger partial charge on any atom is -0.402 e. The van der Waals surface area contributed by atoms with Gasteiger partial charge in [-0.25, -0.2) is 18.5 Å². The normalized spacial score (nSPS) is 21.3. The number of hydrogen-bond acceptors (Lipinski definition) is 13. The van der Waals surface area contributed by atoms with E-state index in [9.17, 15) is 19.5 Å². The van der Waals surface area contributed by atoms with Crippen molar-refractivity contribution in [3.05, 3.63) is 88.6 Å². The van der Waals surface area contributed by atoms with Crippen molar-refractivity contribution in [3.63, 3.8) is 0 Å². The summed E-state index contributed by atoms with van der Waals surface area (Å²) in [6.45, 7) is 4.77. The average Bonchev–Trinajstić information content (AvgIpc) is 3.97. The maximum absolute atomic E-state index is 14.9. The molecule has 0 amide bonds. The first-order valence-corrected chi connectivity index (χ1v) is 25.4. The topological polar surface area (TPSA) is 185 Å². The van der Waals surface area contributed by atoms with E-state index in [-0.39, 0.29) is 35.4 Å². The number of rotatable bonds is 29. The Kier molecular flexibility index (Phi) is 19.2. The first-order chi connectivity index (χ1) is 31.9. The number of nitrogens with two attached hydrogens (primary N) is 1. The van der Waals surface area contributed by atoms with Gasteiger partial charge in [-0.2, -0.15) is 15.6 Å². The molecule has 0 radical (unpaired) electrons. The predicted octanol–water partition coefficient (Wildman–Crippen LogP) is 12.3. The molecule has 358 valence electrons. The van der Waals surface area contributed by atoms with Gasteiger partial charge in [0.1, 0.15) is 54.4 Å². The molecule has 0 spiro atoms. The molecule has 0 saturated carbocycles. The number of fused-ring (bicyclic) bond motifs is 2. The van der Waals surface area contributed by atoms with Gasteiger partial charge in [-0.15, -0.1) is 0 Å². The summed E-state index contributed by atoms with van der Waals surface area (Å²) < 4.78 is 74.4. The number of nitrogens with zero attached hydrogens (tertiary/aromatic N) is 5. The zero-order valence-corrected chi connectivity index (χ0v) is 40.2. The monoisotopic (exact) mass is 950 g/mol. The Morgan fingerprint density at radius 2 is 1.56 bits per heavy atom. The van der Waals surface area contributed by atoms with Gasteiger partial charge in [0.05, 0.1) is 41.7 Å². The van der Waals surface area contributed by atoms with Crippen LogP contribution in [0.15, 0.2) is 60.9 Å². The lowest BCUT2D eigenvalue weighted by Crippen LogP contribution is -2.46. The number of para-hydroxylation sites is 1. The number of nitriles is 2. The fourth-order valence-electron chi connectivity index (χ4n) is 8.61. The Hall–Kier alpha value is -4.15. The van der Waals surface area contributed by atoms with Gasteiger partial charge in [0.25, 0.3) is 0 Å². The molecular formula is C49H65ClFN6O8P. The van der Waals surface area contributed by atoms with E-state index in [0.717, 1.165) is 31.7 Å². The van der Waals surface area contributed by atoms with Crippen LogP contribution in [0.1, 0.15) is 153 Å². The van der Waals surface area contributed by atoms with Crippen molar-refractivity contribution < 1.29 is 41.5 Å². The van der Waals surface area contributed by atoms with Crippen LogP contribution in [0.2, 0.25) is 5.02 Å². The van der Waals surface area contributed by atoms with Crippen LogP contribution in [0.5, 0.6) is 5.75 Å². The first-order valence-electron chi connectivity index (χ1n) is 23.6. The van der Waals surface area contributed by atoms with Crippen LogP contribution in [0.3, 0.4) is 0 Å². The minimum absolute atomic E-state index is 0.0224. The fourth-order valence-corrected chi connectivity index (χ4v) is 10.1. The van der Waals surface area contributed by atoms with Crippen molar-refractivity contribution >= 4 is 30.8 Å². The zero-order chi connectivity index (χ0) is 47.0. The third-order valence-electron chi connectivity index (χ3n) is 12.1. The molecule has 14 nitrogen and oxygen atoms in total. The number of hydrogen-bond donors (Lipinski definition) is 1. The predicted molar refractivity (Wildman–Crippen MR) is 249 cm³/mol. The molecule has 2 saturated heterocycles. The first kappa shape index (κ1) is 51.2. The summed E-state index contributed by atoms with van der Waals surface area (Å²) in [5, 5.41) is 24.8. The summed E-state index contributed by atoms with van der Waals surface area (Å²) >= 11 is 6.48. The minimum atomic E-state index is -4.65. The third-order valence-corrected chi connectivity index (χ3v) is 13.7. The van der Waals surface area contributed by atoms with Crippen LogP contribution >= 0.6 is 19.4 Å². The van der Waals surface area contributed by atoms with Gasteiger partial charge in [-0.3, -0.25) is 9.05 Å². The molecule has 6 rings (SSSR count). The smallest absolute Gasteiger partial charge is 0.402 e. The largest absolute Gasteiger partial charge is 0.530 e. The molecule has 4 heterocycles. The molecule has 2 aromatic heterocycles. The highest BCUT2D eigenvalue weighted by Crippen LogP contribution is 2.55. The number of anilines is 1. The van der Waals surface area contributed by atoms with Gasteiger partial charge in [0.2, 0.25) is 5.60 Å². The van der Waals surface area contributed by atoms with Gasteiger partial charge in [-0.05, 0) is 68.3 Å². The van der Waals surface area contributed by atoms with Crippen molar-refractivity contribution in [3.8, 4) is 17.9 Å². The van der Waals surface area contributed by atoms with Crippen LogP contribution in [-0.4, -0.2) is 57.5 Å². The van der Waals surface area contributed by atoms with E-state index < -0.39 is 56.1 Å². The molecular weight excluding hydrogens is 886 g/mol. The van der Waals surface area contributed by atoms with Gasteiger partial charge in [-0.1, -0.05) is 133 Å². The lowest BCUT2D eigenvalue weighted by atomic mass is 9.96. The maximum Gasteiger partial charge on any atom is 0.530 e.